The van der Waals surface area contributed by atoms with Crippen molar-refractivity contribution in [2.45, 2.75) is 26.2 Å². The monoisotopic (exact) mass is 327 g/mol. The third kappa shape index (κ3) is 4.32. The van der Waals surface area contributed by atoms with Crippen molar-refractivity contribution < 1.29 is 4.79 Å². The molecule has 98 valence electrons. The molecule has 1 aromatic rings. The maximum atomic E-state index is 12.0. The van der Waals surface area contributed by atoms with Gasteiger partial charge in [0.15, 0.2) is 0 Å². The SMILES string of the molecule is Cc1cc(Br)cc(NC(=O)CC2CCSCC2)c1. The number of carbonyl (C=O) groups is 1. The van der Waals surface area contributed by atoms with Gasteiger partial charge in [0.25, 0.3) is 0 Å². The lowest BCUT2D eigenvalue weighted by Crippen LogP contribution is -2.19. The van der Waals surface area contributed by atoms with Crippen LogP contribution in [0.25, 0.3) is 0 Å². The van der Waals surface area contributed by atoms with Gasteiger partial charge in [0.1, 0.15) is 0 Å². The summed E-state index contributed by atoms with van der Waals surface area (Å²) in [6.45, 7) is 2.03. The topological polar surface area (TPSA) is 29.1 Å². The Morgan fingerprint density at radius 3 is 2.78 bits per heavy atom. The van der Waals surface area contributed by atoms with Crippen molar-refractivity contribution in [2.24, 2.45) is 5.92 Å². The summed E-state index contributed by atoms with van der Waals surface area (Å²) in [6, 6.07) is 5.98. The minimum atomic E-state index is 0.143. The normalized spacial score (nSPS) is 16.6. The molecule has 18 heavy (non-hydrogen) atoms. The molecule has 0 radical (unpaired) electrons. The van der Waals surface area contributed by atoms with E-state index in [1.54, 1.807) is 0 Å². The van der Waals surface area contributed by atoms with E-state index in [4.69, 9.17) is 0 Å². The molecular weight excluding hydrogens is 310 g/mol. The van der Waals surface area contributed by atoms with Gasteiger partial charge in [-0.1, -0.05) is 15.9 Å². The zero-order chi connectivity index (χ0) is 13.0. The second kappa shape index (κ2) is 6.62. The summed E-state index contributed by atoms with van der Waals surface area (Å²) in [5, 5.41) is 3.00. The van der Waals surface area contributed by atoms with Gasteiger partial charge in [-0.3, -0.25) is 4.79 Å². The first kappa shape index (κ1) is 13.9. The molecule has 0 spiro atoms. The lowest BCUT2D eigenvalue weighted by Gasteiger charge is -2.20. The van der Waals surface area contributed by atoms with Crippen molar-refractivity contribution >= 4 is 39.3 Å². The Labute approximate surface area is 121 Å². The summed E-state index contributed by atoms with van der Waals surface area (Å²) in [6.07, 6.45) is 3.01. The Balaban J connectivity index is 1.89. The van der Waals surface area contributed by atoms with E-state index in [0.29, 0.717) is 12.3 Å². The summed E-state index contributed by atoms with van der Waals surface area (Å²) >= 11 is 5.44. The van der Waals surface area contributed by atoms with Gasteiger partial charge in [-0.15, -0.1) is 0 Å². The number of rotatable bonds is 3. The van der Waals surface area contributed by atoms with Crippen molar-refractivity contribution in [1.29, 1.82) is 0 Å². The van der Waals surface area contributed by atoms with Gasteiger partial charge in [-0.2, -0.15) is 11.8 Å². The molecule has 1 saturated heterocycles. The van der Waals surface area contributed by atoms with Crippen LogP contribution in [0.15, 0.2) is 22.7 Å². The number of hydrogen-bond acceptors (Lipinski definition) is 2. The number of nitrogens with one attached hydrogen (secondary N) is 1. The Morgan fingerprint density at radius 1 is 1.39 bits per heavy atom. The molecule has 1 aliphatic rings. The maximum Gasteiger partial charge on any atom is 0.224 e. The van der Waals surface area contributed by atoms with Crippen LogP contribution < -0.4 is 5.32 Å². The molecule has 4 heteroatoms. The highest BCUT2D eigenvalue weighted by Crippen LogP contribution is 2.26. The molecule has 1 fully saturated rings. The van der Waals surface area contributed by atoms with Crippen molar-refractivity contribution in [3.63, 3.8) is 0 Å². The minimum Gasteiger partial charge on any atom is -0.326 e. The van der Waals surface area contributed by atoms with Crippen LogP contribution in [0.5, 0.6) is 0 Å². The van der Waals surface area contributed by atoms with Crippen LogP contribution in [-0.4, -0.2) is 17.4 Å². The highest BCUT2D eigenvalue weighted by atomic mass is 79.9. The highest BCUT2D eigenvalue weighted by molar-refractivity contribution is 9.10. The number of thioether (sulfide) groups is 1. The summed E-state index contributed by atoms with van der Waals surface area (Å²) in [4.78, 5) is 12.0. The number of anilines is 1. The van der Waals surface area contributed by atoms with Gasteiger partial charge in [0.05, 0.1) is 0 Å². The summed E-state index contributed by atoms with van der Waals surface area (Å²) in [5.41, 5.74) is 2.03. The van der Waals surface area contributed by atoms with Gasteiger partial charge >= 0.3 is 0 Å². The molecule has 2 nitrogen and oxygen atoms in total. The molecule has 1 amide bonds. The molecule has 0 atom stereocenters. The van der Waals surface area contributed by atoms with E-state index in [-0.39, 0.29) is 5.91 Å². The second-order valence-electron chi connectivity index (χ2n) is 4.83. The molecule has 0 unspecified atom stereocenters. The number of amides is 1. The van der Waals surface area contributed by atoms with Gasteiger partial charge in [0, 0.05) is 16.6 Å². The lowest BCUT2D eigenvalue weighted by molar-refractivity contribution is -0.117. The smallest absolute Gasteiger partial charge is 0.224 e. The van der Waals surface area contributed by atoms with Crippen LogP contribution >= 0.6 is 27.7 Å². The van der Waals surface area contributed by atoms with Crippen LogP contribution in [0.4, 0.5) is 5.69 Å². The van der Waals surface area contributed by atoms with Crippen molar-refractivity contribution in [3.8, 4) is 0 Å². The van der Waals surface area contributed by atoms with E-state index in [0.717, 1.165) is 15.7 Å². The molecule has 0 bridgehead atoms. The van der Waals surface area contributed by atoms with E-state index in [9.17, 15) is 4.79 Å². The Bertz CT molecular complexity index is 410. The summed E-state index contributed by atoms with van der Waals surface area (Å²) in [5.74, 6) is 3.12. The highest BCUT2D eigenvalue weighted by Gasteiger charge is 2.17. The zero-order valence-corrected chi connectivity index (χ0v) is 12.9. The molecule has 1 aliphatic heterocycles. The molecule has 0 saturated carbocycles. The number of aryl methyl sites for hydroxylation is 1. The van der Waals surface area contributed by atoms with Gasteiger partial charge < -0.3 is 5.32 Å². The van der Waals surface area contributed by atoms with Crippen molar-refractivity contribution in [2.75, 3.05) is 16.8 Å². The Kier molecular flexibility index (Phi) is 5.13. The molecular formula is C14H18BrNOS. The van der Waals surface area contributed by atoms with Crippen LogP contribution in [0.2, 0.25) is 0 Å². The van der Waals surface area contributed by atoms with Gasteiger partial charge in [-0.05, 0) is 61.0 Å². The van der Waals surface area contributed by atoms with Gasteiger partial charge in [-0.25, -0.2) is 0 Å². The fraction of sp³-hybridized carbons (Fsp3) is 0.500. The lowest BCUT2D eigenvalue weighted by atomic mass is 9.98. The van der Waals surface area contributed by atoms with Crippen molar-refractivity contribution in [1.82, 2.24) is 0 Å². The number of halogens is 1. The van der Waals surface area contributed by atoms with E-state index in [1.165, 1.54) is 24.3 Å². The zero-order valence-electron chi connectivity index (χ0n) is 10.5. The third-order valence-electron chi connectivity index (χ3n) is 3.14. The first-order chi connectivity index (χ1) is 8.63. The average molecular weight is 328 g/mol. The van der Waals surface area contributed by atoms with Gasteiger partial charge in [0.2, 0.25) is 5.91 Å². The van der Waals surface area contributed by atoms with Crippen LogP contribution in [0.1, 0.15) is 24.8 Å². The predicted octanol–water partition coefficient (Wildman–Crippen LogP) is 4.23. The maximum absolute atomic E-state index is 12.0. The average Bonchev–Trinajstić information content (AvgIpc) is 2.28. The molecule has 0 aliphatic carbocycles. The summed E-state index contributed by atoms with van der Waals surface area (Å²) in [7, 11) is 0. The largest absolute Gasteiger partial charge is 0.326 e. The van der Waals surface area contributed by atoms with Crippen LogP contribution in [0, 0.1) is 12.8 Å². The molecule has 1 N–H and O–H groups in total. The fourth-order valence-corrected chi connectivity index (χ4v) is 4.05. The molecule has 1 heterocycles. The Morgan fingerprint density at radius 2 is 2.11 bits per heavy atom. The van der Waals surface area contributed by atoms with E-state index >= 15 is 0 Å². The molecule has 1 aromatic carbocycles. The predicted molar refractivity (Wildman–Crippen MR) is 82.2 cm³/mol. The first-order valence-corrected chi connectivity index (χ1v) is 8.23. The standard InChI is InChI=1S/C14H18BrNOS/c1-10-6-12(15)9-13(7-10)16-14(17)8-11-2-4-18-5-3-11/h6-7,9,11H,2-5,8H2,1H3,(H,16,17). The third-order valence-corrected chi connectivity index (χ3v) is 4.65. The quantitative estimate of drug-likeness (QED) is 0.900. The number of hydrogen-bond donors (Lipinski definition) is 1. The van der Waals surface area contributed by atoms with E-state index in [1.807, 2.05) is 36.9 Å². The second-order valence-corrected chi connectivity index (χ2v) is 6.97. The number of carbonyl (C=O) groups excluding carboxylic acids is 1. The van der Waals surface area contributed by atoms with E-state index in [2.05, 4.69) is 21.2 Å². The Hall–Kier alpha value is -0.480. The van der Waals surface area contributed by atoms with Crippen LogP contribution in [0.3, 0.4) is 0 Å². The first-order valence-electron chi connectivity index (χ1n) is 6.28. The van der Waals surface area contributed by atoms with E-state index < -0.39 is 0 Å². The van der Waals surface area contributed by atoms with Crippen molar-refractivity contribution in [3.05, 3.63) is 28.2 Å². The number of benzene rings is 1. The fourth-order valence-electron chi connectivity index (χ4n) is 2.23. The molecule has 2 rings (SSSR count). The van der Waals surface area contributed by atoms with Crippen LogP contribution in [-0.2, 0) is 4.79 Å². The minimum absolute atomic E-state index is 0.143. The molecule has 0 aromatic heterocycles. The summed E-state index contributed by atoms with van der Waals surface area (Å²) < 4.78 is 1.01.